The van der Waals surface area contributed by atoms with E-state index in [-0.39, 0.29) is 11.8 Å². The highest BCUT2D eigenvalue weighted by Gasteiger charge is 2.41. The number of nitrogens with one attached hydrogen (secondary N) is 2. The molecule has 1 fully saturated rings. The molecule has 5 rings (SSSR count). The minimum Gasteiger partial charge on any atom is -0.444 e. The van der Waals surface area contributed by atoms with Crippen molar-refractivity contribution in [1.29, 1.82) is 0 Å². The number of carbonyl (C=O) groups excluding carboxylic acids is 3. The average Bonchev–Trinajstić information content (AvgIpc) is 3.56. The highest BCUT2D eigenvalue weighted by molar-refractivity contribution is 5.98. The second-order valence-electron chi connectivity index (χ2n) is 12.2. The van der Waals surface area contributed by atoms with Crippen LogP contribution in [0.25, 0.3) is 11.1 Å². The Kier molecular flexibility index (Phi) is 8.38. The first kappa shape index (κ1) is 29.3. The number of carbonyl (C=O) groups is 3. The van der Waals surface area contributed by atoms with Gasteiger partial charge in [-0.05, 0) is 77.6 Å². The Bertz CT molecular complexity index is 1410. The number of nitrogens with zero attached hydrogens (tertiary/aromatic N) is 4. The van der Waals surface area contributed by atoms with Crippen molar-refractivity contribution in [3.05, 3.63) is 53.8 Å². The first-order chi connectivity index (χ1) is 20.0. The van der Waals surface area contributed by atoms with Crippen molar-refractivity contribution in [2.24, 2.45) is 5.92 Å². The SMILES string of the molecule is Cc1noc(C)c1-c1ccc(NC(=O)C(NC(=O)C2c3cccn3CCN2C(=O)OC(C)(C)C)C2CCCCC2)nc1. The number of pyridine rings is 1. The van der Waals surface area contributed by atoms with E-state index in [0.717, 1.165) is 48.9 Å². The number of ether oxygens (including phenoxy) is 1. The lowest BCUT2D eigenvalue weighted by Gasteiger charge is -2.38. The van der Waals surface area contributed by atoms with Crippen LogP contribution in [0.5, 0.6) is 0 Å². The molecule has 2 atom stereocenters. The molecule has 2 unspecified atom stereocenters. The summed E-state index contributed by atoms with van der Waals surface area (Å²) in [4.78, 5) is 46.9. The van der Waals surface area contributed by atoms with Crippen LogP contribution in [-0.4, -0.2) is 55.7 Å². The number of hydrogen-bond donors (Lipinski definition) is 2. The smallest absolute Gasteiger partial charge is 0.411 e. The predicted molar refractivity (Wildman–Crippen MR) is 156 cm³/mol. The third-order valence-corrected chi connectivity index (χ3v) is 7.95. The normalized spacial score (nSPS) is 18.2. The van der Waals surface area contributed by atoms with Crippen molar-refractivity contribution in [2.75, 3.05) is 11.9 Å². The summed E-state index contributed by atoms with van der Waals surface area (Å²) in [7, 11) is 0. The maximum Gasteiger partial charge on any atom is 0.411 e. The molecule has 42 heavy (non-hydrogen) atoms. The first-order valence-electron chi connectivity index (χ1n) is 14.7. The van der Waals surface area contributed by atoms with E-state index in [9.17, 15) is 14.4 Å². The van der Waals surface area contributed by atoms with Gasteiger partial charge in [-0.2, -0.15) is 0 Å². The van der Waals surface area contributed by atoms with Crippen LogP contribution in [0.15, 0.2) is 41.2 Å². The average molecular weight is 577 g/mol. The molecule has 0 saturated heterocycles. The Morgan fingerprint density at radius 3 is 2.48 bits per heavy atom. The molecule has 3 aromatic heterocycles. The van der Waals surface area contributed by atoms with Crippen molar-refractivity contribution in [3.63, 3.8) is 0 Å². The Balaban J connectivity index is 1.37. The van der Waals surface area contributed by atoms with Crippen LogP contribution in [0.4, 0.5) is 10.6 Å². The van der Waals surface area contributed by atoms with Gasteiger partial charge in [-0.3, -0.25) is 14.5 Å². The number of anilines is 1. The van der Waals surface area contributed by atoms with Crippen LogP contribution in [-0.2, 0) is 20.9 Å². The largest absolute Gasteiger partial charge is 0.444 e. The molecule has 0 radical (unpaired) electrons. The highest BCUT2D eigenvalue weighted by atomic mass is 16.6. The number of rotatable bonds is 6. The molecule has 11 heteroatoms. The Morgan fingerprint density at radius 2 is 1.83 bits per heavy atom. The second-order valence-corrected chi connectivity index (χ2v) is 12.2. The van der Waals surface area contributed by atoms with E-state index < -0.39 is 29.7 Å². The molecule has 1 saturated carbocycles. The Hall–Kier alpha value is -4.15. The maximum atomic E-state index is 14.0. The summed E-state index contributed by atoms with van der Waals surface area (Å²) >= 11 is 0. The van der Waals surface area contributed by atoms with E-state index in [4.69, 9.17) is 9.26 Å². The summed E-state index contributed by atoms with van der Waals surface area (Å²) < 4.78 is 12.9. The topological polar surface area (TPSA) is 132 Å². The third-order valence-electron chi connectivity index (χ3n) is 7.95. The molecule has 0 aromatic carbocycles. The van der Waals surface area contributed by atoms with E-state index in [1.54, 1.807) is 33.0 Å². The van der Waals surface area contributed by atoms with Gasteiger partial charge >= 0.3 is 6.09 Å². The number of fused-ring (bicyclic) bond motifs is 1. The van der Waals surface area contributed by atoms with Gasteiger partial charge in [0.15, 0.2) is 6.04 Å². The minimum absolute atomic E-state index is 0.0327. The van der Waals surface area contributed by atoms with Crippen LogP contribution < -0.4 is 10.6 Å². The van der Waals surface area contributed by atoms with Crippen LogP contribution >= 0.6 is 0 Å². The van der Waals surface area contributed by atoms with Crippen molar-refractivity contribution in [2.45, 2.75) is 91.0 Å². The lowest BCUT2D eigenvalue weighted by molar-refractivity contribution is -0.132. The van der Waals surface area contributed by atoms with Gasteiger partial charge < -0.3 is 24.5 Å². The molecule has 0 spiro atoms. The number of amides is 3. The molecule has 4 heterocycles. The fraction of sp³-hybridized carbons (Fsp3) is 0.516. The van der Waals surface area contributed by atoms with Crippen LogP contribution in [0.3, 0.4) is 0 Å². The molecule has 3 aromatic rings. The van der Waals surface area contributed by atoms with Crippen molar-refractivity contribution in [1.82, 2.24) is 24.9 Å². The van der Waals surface area contributed by atoms with Gasteiger partial charge in [0.25, 0.3) is 0 Å². The van der Waals surface area contributed by atoms with Crippen LogP contribution in [0.1, 0.15) is 76.1 Å². The lowest BCUT2D eigenvalue weighted by atomic mass is 9.83. The number of aryl methyl sites for hydroxylation is 2. The zero-order chi connectivity index (χ0) is 30.0. The van der Waals surface area contributed by atoms with E-state index >= 15 is 0 Å². The quantitative estimate of drug-likeness (QED) is 0.415. The molecule has 1 aliphatic heterocycles. The molecule has 1 aliphatic carbocycles. The van der Waals surface area contributed by atoms with E-state index in [2.05, 4.69) is 20.8 Å². The first-order valence-corrected chi connectivity index (χ1v) is 14.7. The summed E-state index contributed by atoms with van der Waals surface area (Å²) in [6, 6.07) is 5.58. The van der Waals surface area contributed by atoms with Gasteiger partial charge in [-0.15, -0.1) is 0 Å². The number of aromatic nitrogens is 3. The van der Waals surface area contributed by atoms with E-state index in [0.29, 0.717) is 30.4 Å². The summed E-state index contributed by atoms with van der Waals surface area (Å²) in [5, 5.41) is 9.96. The molecular formula is C31H40N6O5. The Labute approximate surface area is 246 Å². The Morgan fingerprint density at radius 1 is 1.07 bits per heavy atom. The zero-order valence-corrected chi connectivity index (χ0v) is 25.0. The molecule has 224 valence electrons. The van der Waals surface area contributed by atoms with Gasteiger partial charge in [0, 0.05) is 36.6 Å². The van der Waals surface area contributed by atoms with Crippen LogP contribution in [0.2, 0.25) is 0 Å². The molecular weight excluding hydrogens is 536 g/mol. The molecule has 0 bridgehead atoms. The van der Waals surface area contributed by atoms with E-state index in [1.807, 2.05) is 42.8 Å². The summed E-state index contributed by atoms with van der Waals surface area (Å²) in [6.45, 7) is 9.97. The minimum atomic E-state index is -0.921. The van der Waals surface area contributed by atoms with Crippen molar-refractivity contribution in [3.8, 4) is 11.1 Å². The molecule has 2 N–H and O–H groups in total. The van der Waals surface area contributed by atoms with E-state index in [1.165, 1.54) is 4.90 Å². The molecule has 11 nitrogen and oxygen atoms in total. The monoisotopic (exact) mass is 576 g/mol. The summed E-state index contributed by atoms with van der Waals surface area (Å²) in [5.41, 5.74) is 2.45. The van der Waals surface area contributed by atoms with Gasteiger partial charge in [0.05, 0.1) is 11.4 Å². The van der Waals surface area contributed by atoms with Gasteiger partial charge in [0.2, 0.25) is 11.8 Å². The van der Waals surface area contributed by atoms with Gasteiger partial charge in [-0.1, -0.05) is 24.4 Å². The summed E-state index contributed by atoms with van der Waals surface area (Å²) in [6.07, 6.45) is 7.75. The third kappa shape index (κ3) is 6.34. The van der Waals surface area contributed by atoms with Crippen LogP contribution in [0, 0.1) is 19.8 Å². The predicted octanol–water partition coefficient (Wildman–Crippen LogP) is 5.15. The standard InChI is InChI=1S/C31H40N6O5/c1-19-25(20(2)42-35-19)22-13-14-24(32-18-22)33-28(38)26(21-10-7-6-8-11-21)34-29(39)27-23-12-9-15-36(23)16-17-37(27)30(40)41-31(3,4)5/h9,12-15,18,21,26-27H,6-8,10-11,16-17H2,1-5H3,(H,34,39)(H,32,33,38). The highest BCUT2D eigenvalue weighted by Crippen LogP contribution is 2.31. The van der Waals surface area contributed by atoms with Gasteiger partial charge in [0.1, 0.15) is 23.2 Å². The summed E-state index contributed by atoms with van der Waals surface area (Å²) in [5.74, 6) is 0.304. The fourth-order valence-corrected chi connectivity index (χ4v) is 5.99. The molecule has 2 aliphatic rings. The van der Waals surface area contributed by atoms with Crippen molar-refractivity contribution < 1.29 is 23.6 Å². The van der Waals surface area contributed by atoms with Gasteiger partial charge in [-0.25, -0.2) is 9.78 Å². The van der Waals surface area contributed by atoms with Crippen molar-refractivity contribution >= 4 is 23.7 Å². The maximum absolute atomic E-state index is 14.0. The lowest BCUT2D eigenvalue weighted by Crippen LogP contribution is -2.55. The zero-order valence-electron chi connectivity index (χ0n) is 25.0. The second kappa shape index (κ2) is 12.0. The molecule has 3 amide bonds. The number of hydrogen-bond acceptors (Lipinski definition) is 7. The fourth-order valence-electron chi connectivity index (χ4n) is 5.99.